The maximum atomic E-state index is 12.3. The molecule has 10 heavy (non-hydrogen) atoms. The van der Waals surface area contributed by atoms with Gasteiger partial charge in [-0.05, 0) is 0 Å². The van der Waals surface area contributed by atoms with E-state index in [1.807, 2.05) is 0 Å². The molecule has 1 aromatic heterocycles. The number of imidazole rings is 1. The number of nitrogens with zero attached hydrogens (tertiary/aromatic N) is 1. The Balaban J connectivity index is 2.47. The molecule has 0 bridgehead atoms. The molecule has 1 N–H and O–H groups in total. The van der Waals surface area contributed by atoms with E-state index < -0.39 is 6.17 Å². The lowest BCUT2D eigenvalue weighted by Gasteiger charge is -1.93. The Morgan fingerprint density at radius 1 is 1.90 bits per heavy atom. The molecule has 1 heterocycles. The maximum Gasteiger partial charge on any atom is 0.162 e. The molecule has 54 valence electrons. The largest absolute Gasteiger partial charge is 0.348 e. The topological polar surface area (TPSA) is 45.8 Å². The Morgan fingerprint density at radius 3 is 3.20 bits per heavy atom. The first-order chi connectivity index (χ1) is 4.83. The average Bonchev–Trinajstić information content (AvgIpc) is 2.40. The summed E-state index contributed by atoms with van der Waals surface area (Å²) in [6.45, 7) is 0. The Morgan fingerprint density at radius 2 is 2.70 bits per heavy atom. The molecule has 4 heteroatoms. The van der Waals surface area contributed by atoms with Crippen molar-refractivity contribution in [2.24, 2.45) is 0 Å². The molecule has 0 aliphatic heterocycles. The molecule has 1 aromatic rings. The number of aromatic amines is 1. The summed E-state index contributed by atoms with van der Waals surface area (Å²) in [4.78, 5) is 16.3. The molecule has 0 saturated carbocycles. The fraction of sp³-hybridized carbons (Fsp3) is 0.333. The number of halogens is 1. The predicted octanol–water partition coefficient (Wildman–Crippen LogP) is 0.489. The van der Waals surface area contributed by atoms with Gasteiger partial charge in [-0.2, -0.15) is 0 Å². The van der Waals surface area contributed by atoms with Crippen molar-refractivity contribution in [1.29, 1.82) is 0 Å². The van der Waals surface area contributed by atoms with E-state index in [2.05, 4.69) is 9.97 Å². The number of H-pyrrole nitrogens is 1. The van der Waals surface area contributed by atoms with E-state index in [1.54, 1.807) is 6.20 Å². The molecule has 0 aliphatic rings. The minimum absolute atomic E-state index is 0.0382. The highest BCUT2D eigenvalue weighted by atomic mass is 19.1. The third-order valence-corrected chi connectivity index (χ3v) is 1.09. The van der Waals surface area contributed by atoms with Crippen molar-refractivity contribution >= 4 is 6.29 Å². The number of carbonyl (C=O) groups is 1. The van der Waals surface area contributed by atoms with Gasteiger partial charge >= 0.3 is 0 Å². The van der Waals surface area contributed by atoms with E-state index in [4.69, 9.17) is 0 Å². The molecule has 0 saturated heterocycles. The molecule has 1 rings (SSSR count). The molecule has 0 fully saturated rings. The van der Waals surface area contributed by atoms with E-state index in [9.17, 15) is 9.18 Å². The molecule has 1 unspecified atom stereocenters. The number of aromatic nitrogens is 2. The highest BCUT2D eigenvalue weighted by Gasteiger charge is 2.05. The molecule has 3 nitrogen and oxygen atoms in total. The van der Waals surface area contributed by atoms with Crippen LogP contribution in [0.3, 0.4) is 0 Å². The van der Waals surface area contributed by atoms with Crippen LogP contribution in [0.2, 0.25) is 0 Å². The monoisotopic (exact) mass is 142 g/mol. The van der Waals surface area contributed by atoms with Gasteiger partial charge in [-0.1, -0.05) is 0 Å². The summed E-state index contributed by atoms with van der Waals surface area (Å²) in [7, 11) is 0. The van der Waals surface area contributed by atoms with Gasteiger partial charge in [0.25, 0.3) is 0 Å². The second-order valence-electron chi connectivity index (χ2n) is 1.89. The molecule has 0 aromatic carbocycles. The third kappa shape index (κ3) is 1.65. The van der Waals surface area contributed by atoms with Gasteiger partial charge in [-0.25, -0.2) is 9.37 Å². The van der Waals surface area contributed by atoms with Crippen molar-refractivity contribution in [3.05, 3.63) is 18.2 Å². The molecular formula is C6H7FN2O. The lowest BCUT2D eigenvalue weighted by molar-refractivity contribution is -0.111. The van der Waals surface area contributed by atoms with Gasteiger partial charge in [0, 0.05) is 18.8 Å². The first-order valence-electron chi connectivity index (χ1n) is 2.90. The molecular weight excluding hydrogens is 135 g/mol. The Labute approximate surface area is 57.3 Å². The summed E-state index contributed by atoms with van der Waals surface area (Å²) in [5.74, 6) is 0.500. The summed E-state index contributed by atoms with van der Waals surface area (Å²) in [6, 6.07) is 0. The third-order valence-electron chi connectivity index (χ3n) is 1.09. The van der Waals surface area contributed by atoms with Crippen LogP contribution in [-0.2, 0) is 11.2 Å². The number of aldehydes is 1. The number of hydrogen-bond acceptors (Lipinski definition) is 2. The van der Waals surface area contributed by atoms with Crippen molar-refractivity contribution < 1.29 is 9.18 Å². The van der Waals surface area contributed by atoms with Gasteiger partial charge in [0.15, 0.2) is 12.5 Å². The molecule has 0 radical (unpaired) electrons. The Hall–Kier alpha value is -1.19. The molecule has 1 atom stereocenters. The van der Waals surface area contributed by atoms with Gasteiger partial charge in [0.2, 0.25) is 0 Å². The van der Waals surface area contributed by atoms with Crippen LogP contribution in [0.1, 0.15) is 5.82 Å². The second-order valence-corrected chi connectivity index (χ2v) is 1.89. The molecule has 0 amide bonds. The van der Waals surface area contributed by atoms with Crippen molar-refractivity contribution in [2.45, 2.75) is 12.6 Å². The molecule has 0 aliphatic carbocycles. The number of hydrogen-bond donors (Lipinski definition) is 1. The lowest BCUT2D eigenvalue weighted by Crippen LogP contribution is -2.06. The summed E-state index contributed by atoms with van der Waals surface area (Å²) in [6.07, 6.45) is 1.98. The van der Waals surface area contributed by atoms with Crippen LogP contribution >= 0.6 is 0 Å². The maximum absolute atomic E-state index is 12.3. The van der Waals surface area contributed by atoms with Crippen LogP contribution in [0.25, 0.3) is 0 Å². The van der Waals surface area contributed by atoms with Crippen molar-refractivity contribution in [3.63, 3.8) is 0 Å². The lowest BCUT2D eigenvalue weighted by atomic mass is 10.3. The highest BCUT2D eigenvalue weighted by Crippen LogP contribution is 1.96. The molecule has 0 spiro atoms. The zero-order valence-corrected chi connectivity index (χ0v) is 5.25. The standard InChI is InChI=1S/C6H7FN2O/c7-5(4-10)3-6-8-1-2-9-6/h1-2,4-5H,3H2,(H,8,9). The quantitative estimate of drug-likeness (QED) is 0.624. The van der Waals surface area contributed by atoms with Crippen LogP contribution in [0.15, 0.2) is 12.4 Å². The highest BCUT2D eigenvalue weighted by molar-refractivity contribution is 5.56. The normalized spacial score (nSPS) is 12.9. The predicted molar refractivity (Wildman–Crippen MR) is 33.3 cm³/mol. The zero-order chi connectivity index (χ0) is 7.40. The van der Waals surface area contributed by atoms with Crippen LogP contribution in [-0.4, -0.2) is 22.4 Å². The minimum atomic E-state index is -1.44. The van der Waals surface area contributed by atoms with Crippen LogP contribution < -0.4 is 0 Å². The second kappa shape index (κ2) is 3.10. The number of alkyl halides is 1. The van der Waals surface area contributed by atoms with Gasteiger partial charge < -0.3 is 9.78 Å². The summed E-state index contributed by atoms with van der Waals surface area (Å²) >= 11 is 0. The first-order valence-corrected chi connectivity index (χ1v) is 2.90. The van der Waals surface area contributed by atoms with E-state index >= 15 is 0 Å². The summed E-state index contributed by atoms with van der Waals surface area (Å²) in [5, 5.41) is 0. The minimum Gasteiger partial charge on any atom is -0.348 e. The zero-order valence-electron chi connectivity index (χ0n) is 5.25. The van der Waals surface area contributed by atoms with E-state index in [1.165, 1.54) is 6.20 Å². The smallest absolute Gasteiger partial charge is 0.162 e. The van der Waals surface area contributed by atoms with Gasteiger partial charge in [0.1, 0.15) is 5.82 Å². The SMILES string of the molecule is O=CC(F)Cc1ncc[nH]1. The van der Waals surface area contributed by atoms with E-state index in [0.717, 1.165) is 0 Å². The van der Waals surface area contributed by atoms with Crippen LogP contribution in [0.5, 0.6) is 0 Å². The van der Waals surface area contributed by atoms with Gasteiger partial charge in [-0.3, -0.25) is 0 Å². The summed E-state index contributed by atoms with van der Waals surface area (Å²) in [5.41, 5.74) is 0. The first kappa shape index (κ1) is 6.92. The van der Waals surface area contributed by atoms with Crippen LogP contribution in [0.4, 0.5) is 4.39 Å². The number of rotatable bonds is 3. The van der Waals surface area contributed by atoms with Crippen molar-refractivity contribution in [2.75, 3.05) is 0 Å². The van der Waals surface area contributed by atoms with Gasteiger partial charge in [-0.15, -0.1) is 0 Å². The fourth-order valence-corrected chi connectivity index (χ4v) is 0.642. The van der Waals surface area contributed by atoms with Crippen molar-refractivity contribution in [3.8, 4) is 0 Å². The van der Waals surface area contributed by atoms with E-state index in [0.29, 0.717) is 5.82 Å². The Kier molecular flexibility index (Phi) is 2.15. The number of nitrogens with one attached hydrogen (secondary N) is 1. The van der Waals surface area contributed by atoms with Crippen LogP contribution in [0, 0.1) is 0 Å². The van der Waals surface area contributed by atoms with Crippen molar-refractivity contribution in [1.82, 2.24) is 9.97 Å². The Bertz CT molecular complexity index is 198. The fourth-order valence-electron chi connectivity index (χ4n) is 0.642. The number of carbonyl (C=O) groups excluding carboxylic acids is 1. The summed E-state index contributed by atoms with van der Waals surface area (Å²) < 4.78 is 12.3. The van der Waals surface area contributed by atoms with E-state index in [-0.39, 0.29) is 12.7 Å². The van der Waals surface area contributed by atoms with Gasteiger partial charge in [0.05, 0.1) is 0 Å². The average molecular weight is 142 g/mol.